The Morgan fingerprint density at radius 3 is 2.89 bits per heavy atom. The lowest BCUT2D eigenvalue weighted by Crippen LogP contribution is -2.01. The Hall–Kier alpha value is -1.59. The van der Waals surface area contributed by atoms with Crippen LogP contribution in [0.4, 0.5) is 0 Å². The number of thiazole rings is 1. The summed E-state index contributed by atoms with van der Waals surface area (Å²) in [6.45, 7) is 2.10. The molecule has 96 valence electrons. The Morgan fingerprint density at radius 1 is 1.44 bits per heavy atom. The van der Waals surface area contributed by atoms with Gasteiger partial charge in [-0.25, -0.2) is 4.98 Å². The van der Waals surface area contributed by atoms with Crippen LogP contribution in [0.15, 0.2) is 29.8 Å². The predicted molar refractivity (Wildman–Crippen MR) is 70.1 cm³/mol. The lowest BCUT2D eigenvalue weighted by Gasteiger charge is -2.14. The van der Waals surface area contributed by atoms with Gasteiger partial charge >= 0.3 is 0 Å². The summed E-state index contributed by atoms with van der Waals surface area (Å²) in [5.74, 6) is 1.33. The third kappa shape index (κ3) is 3.00. The molecule has 0 saturated heterocycles. The van der Waals surface area contributed by atoms with Crippen LogP contribution < -0.4 is 9.47 Å². The van der Waals surface area contributed by atoms with Crippen LogP contribution >= 0.6 is 11.3 Å². The number of benzene rings is 1. The summed E-state index contributed by atoms with van der Waals surface area (Å²) < 4.78 is 10.8. The molecule has 0 aliphatic rings. The molecule has 1 atom stereocenters. The van der Waals surface area contributed by atoms with E-state index in [1.54, 1.807) is 38.4 Å². The van der Waals surface area contributed by atoms with E-state index in [9.17, 15) is 5.11 Å². The van der Waals surface area contributed by atoms with E-state index in [4.69, 9.17) is 9.47 Å². The van der Waals surface area contributed by atoms with E-state index in [1.165, 1.54) is 11.3 Å². The lowest BCUT2D eigenvalue weighted by molar-refractivity contribution is 0.190. The average Bonchev–Trinajstić information content (AvgIpc) is 2.88. The number of ether oxygens (including phenoxy) is 2. The number of methoxy groups -OCH3 is 1. The van der Waals surface area contributed by atoms with Crippen molar-refractivity contribution in [3.8, 4) is 11.5 Å². The van der Waals surface area contributed by atoms with Crippen molar-refractivity contribution in [2.24, 2.45) is 0 Å². The topological polar surface area (TPSA) is 51.6 Å². The van der Waals surface area contributed by atoms with Crippen LogP contribution in [0.3, 0.4) is 0 Å². The summed E-state index contributed by atoms with van der Waals surface area (Å²) >= 11 is 1.54. The highest BCUT2D eigenvalue weighted by Gasteiger charge is 2.11. The van der Waals surface area contributed by atoms with Crippen molar-refractivity contribution in [1.82, 2.24) is 4.98 Å². The van der Waals surface area contributed by atoms with E-state index in [2.05, 4.69) is 4.98 Å². The molecular weight excluding hydrogens is 250 g/mol. The summed E-state index contributed by atoms with van der Waals surface area (Å²) in [4.78, 5) is 4.15. The van der Waals surface area contributed by atoms with Crippen molar-refractivity contribution in [3.05, 3.63) is 40.3 Å². The molecule has 1 heterocycles. The molecule has 5 heteroatoms. The van der Waals surface area contributed by atoms with Gasteiger partial charge in [0.05, 0.1) is 13.2 Å². The van der Waals surface area contributed by atoms with Crippen LogP contribution in [0, 0.1) is 0 Å². The van der Waals surface area contributed by atoms with E-state index in [0.717, 1.165) is 10.6 Å². The van der Waals surface area contributed by atoms with Gasteiger partial charge in [0.2, 0.25) is 0 Å². The fourth-order valence-electron chi connectivity index (χ4n) is 1.58. The highest BCUT2D eigenvalue weighted by molar-refractivity contribution is 7.09. The third-order valence-corrected chi connectivity index (χ3v) is 3.26. The second-order valence-electron chi connectivity index (χ2n) is 3.79. The molecule has 0 spiro atoms. The number of aliphatic hydroxyl groups is 1. The van der Waals surface area contributed by atoms with Gasteiger partial charge in [-0.05, 0) is 19.1 Å². The summed E-state index contributed by atoms with van der Waals surface area (Å²) in [6.07, 6.45) is 1.16. The van der Waals surface area contributed by atoms with Crippen LogP contribution in [0.2, 0.25) is 0 Å². The normalized spacial score (nSPS) is 12.2. The van der Waals surface area contributed by atoms with Crippen LogP contribution in [-0.4, -0.2) is 17.2 Å². The van der Waals surface area contributed by atoms with Crippen molar-refractivity contribution >= 4 is 11.3 Å². The number of aromatic nitrogens is 1. The molecule has 1 aromatic heterocycles. The molecule has 1 aromatic carbocycles. The second kappa shape index (κ2) is 5.84. The van der Waals surface area contributed by atoms with Crippen molar-refractivity contribution in [3.63, 3.8) is 0 Å². The molecule has 0 fully saturated rings. The number of nitrogens with zero attached hydrogens (tertiary/aromatic N) is 1. The number of aliphatic hydroxyl groups excluding tert-OH is 1. The van der Waals surface area contributed by atoms with Gasteiger partial charge in [-0.3, -0.25) is 0 Å². The predicted octanol–water partition coefficient (Wildman–Crippen LogP) is 2.78. The molecule has 1 N–H and O–H groups in total. The van der Waals surface area contributed by atoms with Gasteiger partial charge in [-0.1, -0.05) is 0 Å². The lowest BCUT2D eigenvalue weighted by atomic mass is 10.1. The quantitative estimate of drug-likeness (QED) is 0.903. The first-order valence-corrected chi connectivity index (χ1v) is 6.46. The smallest absolute Gasteiger partial charge is 0.140 e. The Morgan fingerprint density at radius 2 is 2.28 bits per heavy atom. The molecule has 0 aliphatic heterocycles. The monoisotopic (exact) mass is 265 g/mol. The van der Waals surface area contributed by atoms with E-state index < -0.39 is 6.10 Å². The minimum atomic E-state index is -0.581. The molecule has 2 aromatic rings. The van der Waals surface area contributed by atoms with Gasteiger partial charge in [0.15, 0.2) is 0 Å². The summed E-state index contributed by atoms with van der Waals surface area (Å²) in [6, 6.07) is 5.38. The number of hydrogen-bond donors (Lipinski definition) is 1. The largest absolute Gasteiger partial charge is 0.497 e. The SMILES string of the molecule is COc1ccc([C@@H](C)O)c(OCc2nccs2)c1. The number of hydrogen-bond acceptors (Lipinski definition) is 5. The van der Waals surface area contributed by atoms with Crippen LogP contribution in [0.5, 0.6) is 11.5 Å². The highest BCUT2D eigenvalue weighted by Crippen LogP contribution is 2.30. The summed E-state index contributed by atoms with van der Waals surface area (Å²) in [5.41, 5.74) is 0.743. The molecule has 0 unspecified atom stereocenters. The van der Waals surface area contributed by atoms with E-state index >= 15 is 0 Å². The molecule has 4 nitrogen and oxygen atoms in total. The Labute approximate surface area is 110 Å². The maximum Gasteiger partial charge on any atom is 0.140 e. The molecule has 0 radical (unpaired) electrons. The van der Waals surface area contributed by atoms with Crippen molar-refractivity contribution in [2.45, 2.75) is 19.6 Å². The third-order valence-electron chi connectivity index (χ3n) is 2.51. The molecule has 0 saturated carbocycles. The van der Waals surface area contributed by atoms with Gasteiger partial charge in [0.1, 0.15) is 23.1 Å². The first kappa shape index (κ1) is 12.9. The fraction of sp³-hybridized carbons (Fsp3) is 0.308. The average molecular weight is 265 g/mol. The van der Waals surface area contributed by atoms with Gasteiger partial charge in [-0.15, -0.1) is 11.3 Å². The van der Waals surface area contributed by atoms with Gasteiger partial charge in [0.25, 0.3) is 0 Å². The van der Waals surface area contributed by atoms with Crippen molar-refractivity contribution < 1.29 is 14.6 Å². The minimum Gasteiger partial charge on any atom is -0.497 e. The molecular formula is C13H15NO3S. The van der Waals surface area contributed by atoms with Gasteiger partial charge < -0.3 is 14.6 Å². The van der Waals surface area contributed by atoms with Gasteiger partial charge in [-0.2, -0.15) is 0 Å². The van der Waals surface area contributed by atoms with Crippen LogP contribution in [0.1, 0.15) is 23.6 Å². The first-order valence-electron chi connectivity index (χ1n) is 5.58. The second-order valence-corrected chi connectivity index (χ2v) is 4.77. The standard InChI is InChI=1S/C13H15NO3S/c1-9(15)11-4-3-10(16-2)7-12(11)17-8-13-14-5-6-18-13/h3-7,9,15H,8H2,1-2H3/t9-/m1/s1. The Kier molecular flexibility index (Phi) is 4.17. The van der Waals surface area contributed by atoms with Crippen LogP contribution in [-0.2, 0) is 6.61 Å². The van der Waals surface area contributed by atoms with Crippen molar-refractivity contribution in [1.29, 1.82) is 0 Å². The zero-order valence-corrected chi connectivity index (χ0v) is 11.1. The van der Waals surface area contributed by atoms with E-state index in [1.807, 2.05) is 5.38 Å². The molecule has 18 heavy (non-hydrogen) atoms. The highest BCUT2D eigenvalue weighted by atomic mass is 32.1. The molecule has 0 amide bonds. The Balaban J connectivity index is 2.18. The Bertz CT molecular complexity index is 497. The molecule has 0 bridgehead atoms. The molecule has 2 rings (SSSR count). The van der Waals surface area contributed by atoms with Gasteiger partial charge in [0, 0.05) is 23.2 Å². The minimum absolute atomic E-state index is 0.393. The van der Waals surface area contributed by atoms with Crippen molar-refractivity contribution in [2.75, 3.05) is 7.11 Å². The van der Waals surface area contributed by atoms with Crippen LogP contribution in [0.25, 0.3) is 0 Å². The zero-order chi connectivity index (χ0) is 13.0. The summed E-state index contributed by atoms with van der Waals surface area (Å²) in [7, 11) is 1.60. The first-order chi connectivity index (χ1) is 8.70. The van der Waals surface area contributed by atoms with E-state index in [0.29, 0.717) is 18.1 Å². The maximum atomic E-state index is 9.69. The molecule has 0 aliphatic carbocycles. The number of rotatable bonds is 5. The maximum absolute atomic E-state index is 9.69. The summed E-state index contributed by atoms with van der Waals surface area (Å²) in [5, 5.41) is 12.5. The zero-order valence-electron chi connectivity index (χ0n) is 10.3. The van der Waals surface area contributed by atoms with E-state index in [-0.39, 0.29) is 0 Å². The fourth-order valence-corrected chi connectivity index (χ4v) is 2.10.